The first-order valence-corrected chi connectivity index (χ1v) is 7.29. The van der Waals surface area contributed by atoms with Gasteiger partial charge in [0.15, 0.2) is 0 Å². The zero-order valence-electron chi connectivity index (χ0n) is 9.95. The summed E-state index contributed by atoms with van der Waals surface area (Å²) in [6.07, 6.45) is 1.38. The number of nitrogens with one attached hydrogen (secondary N) is 1. The molecule has 102 valence electrons. The maximum absolute atomic E-state index is 11.8. The van der Waals surface area contributed by atoms with Crippen molar-refractivity contribution in [2.45, 2.75) is 0 Å². The van der Waals surface area contributed by atoms with Crippen LogP contribution in [0.3, 0.4) is 0 Å². The standard InChI is InChI=1S/C12H8IN3O3S/c13-9-3-1-2-8(6-9)12(17)15-14-7-10-4-5-11(20-10)16(18)19/h1-7H,(H,15,17)/b14-7-. The van der Waals surface area contributed by atoms with E-state index in [0.717, 1.165) is 14.9 Å². The highest BCUT2D eigenvalue weighted by Crippen LogP contribution is 2.22. The van der Waals surface area contributed by atoms with Crippen LogP contribution in [0.1, 0.15) is 15.2 Å². The Labute approximate surface area is 131 Å². The highest BCUT2D eigenvalue weighted by atomic mass is 127. The van der Waals surface area contributed by atoms with Crippen LogP contribution in [0.4, 0.5) is 5.00 Å². The molecule has 1 aromatic carbocycles. The van der Waals surface area contributed by atoms with Crippen molar-refractivity contribution in [2.24, 2.45) is 5.10 Å². The fraction of sp³-hybridized carbons (Fsp3) is 0. The van der Waals surface area contributed by atoms with Gasteiger partial charge in [-0.25, -0.2) is 5.43 Å². The molecule has 6 nitrogen and oxygen atoms in total. The Hall–Kier alpha value is -1.81. The molecule has 2 aromatic rings. The largest absolute Gasteiger partial charge is 0.324 e. The molecular weight excluding hydrogens is 393 g/mol. The number of nitro groups is 1. The highest BCUT2D eigenvalue weighted by molar-refractivity contribution is 14.1. The number of nitrogens with zero attached hydrogens (tertiary/aromatic N) is 2. The molecule has 1 heterocycles. The molecule has 1 aromatic heterocycles. The summed E-state index contributed by atoms with van der Waals surface area (Å²) in [4.78, 5) is 22.4. The molecule has 1 N–H and O–H groups in total. The molecule has 1 amide bonds. The molecule has 0 spiro atoms. The molecule has 0 aliphatic rings. The van der Waals surface area contributed by atoms with E-state index in [2.05, 4.69) is 33.1 Å². The SMILES string of the molecule is O=C(N/N=C\c1ccc([N+](=O)[O-])s1)c1cccc(I)c1. The second-order valence-corrected chi connectivity index (χ2v) is 5.98. The van der Waals surface area contributed by atoms with Crippen LogP contribution in [0.5, 0.6) is 0 Å². The number of hydrogen-bond acceptors (Lipinski definition) is 5. The molecule has 0 atom stereocenters. The van der Waals surface area contributed by atoms with Crippen LogP contribution in [0.15, 0.2) is 41.5 Å². The minimum Gasteiger partial charge on any atom is -0.267 e. The zero-order chi connectivity index (χ0) is 14.5. The Bertz CT molecular complexity index is 684. The number of rotatable bonds is 4. The van der Waals surface area contributed by atoms with Gasteiger partial charge in [-0.1, -0.05) is 17.4 Å². The van der Waals surface area contributed by atoms with Crippen molar-refractivity contribution in [1.29, 1.82) is 0 Å². The van der Waals surface area contributed by atoms with E-state index in [0.29, 0.717) is 10.4 Å². The quantitative estimate of drug-likeness (QED) is 0.370. The van der Waals surface area contributed by atoms with Gasteiger partial charge in [-0.15, -0.1) is 0 Å². The molecular formula is C12H8IN3O3S. The molecule has 0 saturated heterocycles. The number of carbonyl (C=O) groups is 1. The predicted molar refractivity (Wildman–Crippen MR) is 85.2 cm³/mol. The Morgan fingerprint density at radius 2 is 2.20 bits per heavy atom. The van der Waals surface area contributed by atoms with Crippen molar-refractivity contribution in [3.8, 4) is 0 Å². The summed E-state index contributed by atoms with van der Waals surface area (Å²) in [6, 6.07) is 10.1. The molecule has 0 saturated carbocycles. The zero-order valence-corrected chi connectivity index (χ0v) is 12.9. The number of halogens is 1. The van der Waals surface area contributed by atoms with E-state index in [1.807, 2.05) is 6.07 Å². The minimum atomic E-state index is -0.466. The van der Waals surface area contributed by atoms with E-state index < -0.39 is 4.92 Å². The molecule has 0 bridgehead atoms. The predicted octanol–water partition coefficient (Wildman–Crippen LogP) is 3.02. The van der Waals surface area contributed by atoms with E-state index in [9.17, 15) is 14.9 Å². The molecule has 0 aliphatic heterocycles. The lowest BCUT2D eigenvalue weighted by Gasteiger charge is -1.99. The van der Waals surface area contributed by atoms with Crippen LogP contribution in [-0.2, 0) is 0 Å². The van der Waals surface area contributed by atoms with Gasteiger partial charge in [-0.2, -0.15) is 5.10 Å². The molecule has 20 heavy (non-hydrogen) atoms. The van der Waals surface area contributed by atoms with Crippen molar-refractivity contribution < 1.29 is 9.72 Å². The molecule has 0 aliphatic carbocycles. The summed E-state index contributed by atoms with van der Waals surface area (Å²) in [5.74, 6) is -0.328. The number of thiophene rings is 1. The lowest BCUT2D eigenvalue weighted by Crippen LogP contribution is -2.17. The molecule has 0 fully saturated rings. The highest BCUT2D eigenvalue weighted by Gasteiger charge is 2.08. The van der Waals surface area contributed by atoms with Gasteiger partial charge >= 0.3 is 5.00 Å². The van der Waals surface area contributed by atoms with Gasteiger partial charge in [-0.3, -0.25) is 14.9 Å². The molecule has 0 radical (unpaired) electrons. The molecule has 8 heteroatoms. The summed E-state index contributed by atoms with van der Waals surface area (Å²) < 4.78 is 0.952. The van der Waals surface area contributed by atoms with Crippen molar-refractivity contribution in [1.82, 2.24) is 5.43 Å². The van der Waals surface area contributed by atoms with Crippen molar-refractivity contribution in [2.75, 3.05) is 0 Å². The summed E-state index contributed by atoms with van der Waals surface area (Å²) in [7, 11) is 0. The van der Waals surface area contributed by atoms with Gasteiger partial charge < -0.3 is 0 Å². The van der Waals surface area contributed by atoms with Crippen molar-refractivity contribution >= 4 is 51.1 Å². The maximum Gasteiger partial charge on any atom is 0.324 e. The lowest BCUT2D eigenvalue weighted by molar-refractivity contribution is -0.380. The van der Waals surface area contributed by atoms with E-state index in [1.165, 1.54) is 12.3 Å². The van der Waals surface area contributed by atoms with Crippen LogP contribution in [-0.4, -0.2) is 17.0 Å². The third kappa shape index (κ3) is 3.84. The Kier molecular flexibility index (Phi) is 4.79. The minimum absolute atomic E-state index is 0.0374. The molecule has 0 unspecified atom stereocenters. The maximum atomic E-state index is 11.8. The van der Waals surface area contributed by atoms with Gasteiger partial charge in [-0.05, 0) is 46.9 Å². The first-order valence-electron chi connectivity index (χ1n) is 5.39. The van der Waals surface area contributed by atoms with Gasteiger partial charge in [0, 0.05) is 15.2 Å². The van der Waals surface area contributed by atoms with Gasteiger partial charge in [0.1, 0.15) is 0 Å². The summed E-state index contributed by atoms with van der Waals surface area (Å²) in [5.41, 5.74) is 2.88. The van der Waals surface area contributed by atoms with Crippen LogP contribution in [0, 0.1) is 13.7 Å². The number of hydrogen-bond donors (Lipinski definition) is 1. The Morgan fingerprint density at radius 3 is 2.85 bits per heavy atom. The first-order chi connectivity index (χ1) is 9.56. The van der Waals surface area contributed by atoms with Crippen LogP contribution >= 0.6 is 33.9 Å². The number of amides is 1. The average Bonchev–Trinajstić information content (AvgIpc) is 2.87. The van der Waals surface area contributed by atoms with Gasteiger partial charge in [0.2, 0.25) is 0 Å². The van der Waals surface area contributed by atoms with E-state index in [-0.39, 0.29) is 10.9 Å². The van der Waals surface area contributed by atoms with Crippen molar-refractivity contribution in [3.05, 3.63) is 60.5 Å². The van der Waals surface area contributed by atoms with Crippen molar-refractivity contribution in [3.63, 3.8) is 0 Å². The average molecular weight is 401 g/mol. The van der Waals surface area contributed by atoms with E-state index >= 15 is 0 Å². The fourth-order valence-electron chi connectivity index (χ4n) is 1.36. The Morgan fingerprint density at radius 1 is 1.40 bits per heavy atom. The summed E-state index contributed by atoms with van der Waals surface area (Å²) in [5, 5.41) is 14.3. The smallest absolute Gasteiger partial charge is 0.267 e. The number of benzene rings is 1. The van der Waals surface area contributed by atoms with Crippen LogP contribution in [0.2, 0.25) is 0 Å². The van der Waals surface area contributed by atoms with E-state index in [4.69, 9.17) is 0 Å². The lowest BCUT2D eigenvalue weighted by atomic mass is 10.2. The third-order valence-corrected chi connectivity index (χ3v) is 3.88. The summed E-state index contributed by atoms with van der Waals surface area (Å²) >= 11 is 3.10. The van der Waals surface area contributed by atoms with Gasteiger partial charge in [0.25, 0.3) is 5.91 Å². The number of hydrazone groups is 1. The second-order valence-electron chi connectivity index (χ2n) is 3.64. The third-order valence-electron chi connectivity index (χ3n) is 2.24. The normalized spacial score (nSPS) is 10.7. The van der Waals surface area contributed by atoms with Crippen LogP contribution < -0.4 is 5.43 Å². The summed E-state index contributed by atoms with van der Waals surface area (Å²) in [6.45, 7) is 0. The first kappa shape index (κ1) is 14.6. The number of carbonyl (C=O) groups excluding carboxylic acids is 1. The topological polar surface area (TPSA) is 84.6 Å². The van der Waals surface area contributed by atoms with E-state index in [1.54, 1.807) is 24.3 Å². The monoisotopic (exact) mass is 401 g/mol. The second kappa shape index (κ2) is 6.57. The van der Waals surface area contributed by atoms with Gasteiger partial charge in [0.05, 0.1) is 16.0 Å². The van der Waals surface area contributed by atoms with Crippen LogP contribution in [0.25, 0.3) is 0 Å². The Balaban J connectivity index is 1.99. The fourth-order valence-corrected chi connectivity index (χ4v) is 2.60. The molecule has 2 rings (SSSR count).